The third-order valence-electron chi connectivity index (χ3n) is 5.35. The van der Waals surface area contributed by atoms with Crippen LogP contribution in [-0.4, -0.2) is 32.4 Å². The second kappa shape index (κ2) is 8.62. The van der Waals surface area contributed by atoms with Gasteiger partial charge in [-0.3, -0.25) is 9.78 Å². The first-order chi connectivity index (χ1) is 14.5. The van der Waals surface area contributed by atoms with Crippen molar-refractivity contribution in [2.24, 2.45) is 0 Å². The van der Waals surface area contributed by atoms with Crippen LogP contribution in [0.15, 0.2) is 53.7 Å². The van der Waals surface area contributed by atoms with Crippen LogP contribution >= 0.6 is 0 Å². The van der Waals surface area contributed by atoms with Crippen LogP contribution in [0, 0.1) is 5.82 Å². The molecule has 0 bridgehead atoms. The molecule has 1 unspecified atom stereocenters. The zero-order chi connectivity index (χ0) is 21.1. The van der Waals surface area contributed by atoms with Crippen LogP contribution in [0.4, 0.5) is 10.2 Å². The van der Waals surface area contributed by atoms with Crippen molar-refractivity contribution in [1.29, 1.82) is 0 Å². The molecule has 2 aromatic heterocycles. The fourth-order valence-electron chi connectivity index (χ4n) is 3.50. The van der Waals surface area contributed by atoms with Gasteiger partial charge in [-0.15, -0.1) is 0 Å². The Morgan fingerprint density at radius 2 is 2.07 bits per heavy atom. The quantitative estimate of drug-likeness (QED) is 0.621. The second-order valence-corrected chi connectivity index (χ2v) is 7.46. The Balaban J connectivity index is 1.58. The van der Waals surface area contributed by atoms with Crippen LogP contribution in [0.2, 0.25) is 0 Å². The van der Waals surface area contributed by atoms with E-state index in [0.29, 0.717) is 5.69 Å². The molecule has 1 aliphatic rings. The van der Waals surface area contributed by atoms with Gasteiger partial charge in [-0.05, 0) is 30.9 Å². The number of halogens is 1. The summed E-state index contributed by atoms with van der Waals surface area (Å²) in [4.78, 5) is 20.0. The molecular formula is C22H23FN4O3. The predicted octanol–water partition coefficient (Wildman–Crippen LogP) is 2.73. The number of aromatic nitrogens is 3. The van der Waals surface area contributed by atoms with Gasteiger partial charge in [0.05, 0.1) is 24.6 Å². The zero-order valence-electron chi connectivity index (χ0n) is 16.4. The number of aliphatic hydroxyl groups is 1. The fourth-order valence-corrected chi connectivity index (χ4v) is 3.50. The molecule has 4 rings (SSSR count). The maximum Gasteiger partial charge on any atom is 0.250 e. The lowest BCUT2D eigenvalue weighted by molar-refractivity contribution is 0.0886. The van der Waals surface area contributed by atoms with E-state index in [1.807, 2.05) is 6.07 Å². The smallest absolute Gasteiger partial charge is 0.250 e. The Kier molecular flexibility index (Phi) is 5.76. The molecule has 0 radical (unpaired) electrons. The van der Waals surface area contributed by atoms with Crippen molar-refractivity contribution in [1.82, 2.24) is 14.5 Å². The standard InChI is InChI=1S/C22H23FN4O3/c23-21-17(18-10-26-19(24)11-25-18)8-7-16(14-4-3-5-14)22(21)30-13-15(28)12-27-9-2-1-6-20(27)29/h1-2,6-11,14-15,28H,3-5,12-13H2,(H2,24,26). The van der Waals surface area contributed by atoms with Gasteiger partial charge in [0.15, 0.2) is 11.6 Å². The van der Waals surface area contributed by atoms with Gasteiger partial charge in [0.1, 0.15) is 18.5 Å². The van der Waals surface area contributed by atoms with Gasteiger partial charge >= 0.3 is 0 Å². The largest absolute Gasteiger partial charge is 0.487 e. The number of ether oxygens (including phenoxy) is 1. The van der Waals surface area contributed by atoms with Gasteiger partial charge < -0.3 is 20.1 Å². The summed E-state index contributed by atoms with van der Waals surface area (Å²) in [6.45, 7) is -0.0853. The molecule has 0 amide bonds. The molecule has 156 valence electrons. The van der Waals surface area contributed by atoms with E-state index in [4.69, 9.17) is 10.5 Å². The second-order valence-electron chi connectivity index (χ2n) is 7.46. The van der Waals surface area contributed by atoms with Crippen molar-refractivity contribution in [2.45, 2.75) is 37.8 Å². The maximum atomic E-state index is 15.4. The number of aliphatic hydroxyl groups excluding tert-OH is 1. The van der Waals surface area contributed by atoms with E-state index in [0.717, 1.165) is 24.8 Å². The van der Waals surface area contributed by atoms with Crippen LogP contribution in [0.25, 0.3) is 11.3 Å². The third kappa shape index (κ3) is 4.18. The number of benzene rings is 1. The number of anilines is 1. The minimum absolute atomic E-state index is 0.0587. The summed E-state index contributed by atoms with van der Waals surface area (Å²) in [5, 5.41) is 10.4. The molecule has 3 aromatic rings. The number of nitrogens with two attached hydrogens (primary N) is 1. The molecule has 0 saturated heterocycles. The molecular weight excluding hydrogens is 387 g/mol. The normalized spacial score (nSPS) is 14.9. The molecule has 1 aromatic carbocycles. The first-order valence-corrected chi connectivity index (χ1v) is 9.89. The van der Waals surface area contributed by atoms with Gasteiger partial charge in [0.25, 0.3) is 5.56 Å². The Hall–Kier alpha value is -3.26. The predicted molar refractivity (Wildman–Crippen MR) is 111 cm³/mol. The number of hydrogen-bond donors (Lipinski definition) is 2. The minimum atomic E-state index is -0.973. The number of pyridine rings is 1. The summed E-state index contributed by atoms with van der Waals surface area (Å²) in [5.74, 6) is 0.0637. The van der Waals surface area contributed by atoms with E-state index in [2.05, 4.69) is 9.97 Å². The SMILES string of the molecule is Nc1cnc(-c2ccc(C3CCC3)c(OCC(O)Cn3ccccc3=O)c2F)cn1. The summed E-state index contributed by atoms with van der Waals surface area (Å²) in [6, 6.07) is 8.28. The average Bonchev–Trinajstić information content (AvgIpc) is 2.69. The average molecular weight is 410 g/mol. The van der Waals surface area contributed by atoms with E-state index in [1.54, 1.807) is 24.4 Å². The fraction of sp³-hybridized carbons (Fsp3) is 0.318. The van der Waals surface area contributed by atoms with Crippen LogP contribution in [0.1, 0.15) is 30.7 Å². The number of hydrogen-bond acceptors (Lipinski definition) is 6. The highest BCUT2D eigenvalue weighted by molar-refractivity contribution is 5.64. The topological polar surface area (TPSA) is 103 Å². The highest BCUT2D eigenvalue weighted by Gasteiger charge is 2.27. The first-order valence-electron chi connectivity index (χ1n) is 9.89. The Labute approximate surface area is 173 Å². The molecule has 30 heavy (non-hydrogen) atoms. The molecule has 0 spiro atoms. The van der Waals surface area contributed by atoms with Crippen molar-refractivity contribution in [3.8, 4) is 17.0 Å². The van der Waals surface area contributed by atoms with E-state index in [1.165, 1.54) is 23.0 Å². The first kappa shape index (κ1) is 20.0. The van der Waals surface area contributed by atoms with Crippen molar-refractivity contribution < 1.29 is 14.2 Å². The summed E-state index contributed by atoms with van der Waals surface area (Å²) >= 11 is 0. The highest BCUT2D eigenvalue weighted by Crippen LogP contribution is 2.43. The monoisotopic (exact) mass is 410 g/mol. The third-order valence-corrected chi connectivity index (χ3v) is 5.35. The Bertz CT molecular complexity index is 1080. The molecule has 3 N–H and O–H groups in total. The van der Waals surface area contributed by atoms with Crippen molar-refractivity contribution in [2.75, 3.05) is 12.3 Å². The molecule has 1 fully saturated rings. The molecule has 2 heterocycles. The van der Waals surface area contributed by atoms with Crippen LogP contribution in [0.5, 0.6) is 5.75 Å². The van der Waals surface area contributed by atoms with E-state index < -0.39 is 11.9 Å². The zero-order valence-corrected chi connectivity index (χ0v) is 16.4. The van der Waals surface area contributed by atoms with Crippen LogP contribution < -0.4 is 16.0 Å². The van der Waals surface area contributed by atoms with Gasteiger partial charge in [0, 0.05) is 23.4 Å². The van der Waals surface area contributed by atoms with Crippen molar-refractivity contribution in [3.05, 3.63) is 70.7 Å². The molecule has 8 heteroatoms. The highest BCUT2D eigenvalue weighted by atomic mass is 19.1. The summed E-state index contributed by atoms with van der Waals surface area (Å²) < 4.78 is 22.6. The van der Waals surface area contributed by atoms with Gasteiger partial charge in [-0.2, -0.15) is 0 Å². The van der Waals surface area contributed by atoms with E-state index in [-0.39, 0.29) is 41.8 Å². The van der Waals surface area contributed by atoms with Crippen molar-refractivity contribution in [3.63, 3.8) is 0 Å². The van der Waals surface area contributed by atoms with Gasteiger partial charge in [0.2, 0.25) is 0 Å². The van der Waals surface area contributed by atoms with Crippen LogP contribution in [0.3, 0.4) is 0 Å². The van der Waals surface area contributed by atoms with Crippen molar-refractivity contribution >= 4 is 5.82 Å². The van der Waals surface area contributed by atoms with Gasteiger partial charge in [-0.1, -0.05) is 18.6 Å². The lowest BCUT2D eigenvalue weighted by Crippen LogP contribution is -2.29. The summed E-state index contributed by atoms with van der Waals surface area (Å²) in [6.07, 6.45) is 6.44. The Morgan fingerprint density at radius 3 is 2.73 bits per heavy atom. The number of nitrogens with zero attached hydrogens (tertiary/aromatic N) is 3. The molecule has 1 aliphatic carbocycles. The maximum absolute atomic E-state index is 15.4. The van der Waals surface area contributed by atoms with E-state index >= 15 is 4.39 Å². The summed E-state index contributed by atoms with van der Waals surface area (Å²) in [5.41, 5.74) is 6.75. The summed E-state index contributed by atoms with van der Waals surface area (Å²) in [7, 11) is 0. The number of nitrogen functional groups attached to an aromatic ring is 1. The van der Waals surface area contributed by atoms with E-state index in [9.17, 15) is 9.90 Å². The molecule has 0 aliphatic heterocycles. The van der Waals surface area contributed by atoms with Gasteiger partial charge in [-0.25, -0.2) is 9.37 Å². The lowest BCUT2D eigenvalue weighted by Gasteiger charge is -2.28. The molecule has 1 saturated carbocycles. The molecule has 7 nitrogen and oxygen atoms in total. The van der Waals surface area contributed by atoms with Crippen LogP contribution in [-0.2, 0) is 6.54 Å². The minimum Gasteiger partial charge on any atom is -0.487 e. The lowest BCUT2D eigenvalue weighted by atomic mass is 9.79. The Morgan fingerprint density at radius 1 is 1.23 bits per heavy atom. The number of rotatable bonds is 7. The molecule has 1 atom stereocenters.